The molecule has 0 spiro atoms. The molecule has 0 bridgehead atoms. The van der Waals surface area contributed by atoms with Crippen molar-refractivity contribution in [1.82, 2.24) is 4.31 Å². The van der Waals surface area contributed by atoms with Crippen LogP contribution in [0.2, 0.25) is 0 Å². The molecule has 114 valence electrons. The van der Waals surface area contributed by atoms with Crippen molar-refractivity contribution in [1.29, 1.82) is 0 Å². The summed E-state index contributed by atoms with van der Waals surface area (Å²) in [6.07, 6.45) is 0.352. The van der Waals surface area contributed by atoms with Crippen LogP contribution in [0.25, 0.3) is 0 Å². The number of sulfonamides is 1. The highest BCUT2D eigenvalue weighted by atomic mass is 32.2. The molecule has 1 aliphatic rings. The van der Waals surface area contributed by atoms with Gasteiger partial charge in [-0.1, -0.05) is 0 Å². The Bertz CT molecular complexity index is 706. The van der Waals surface area contributed by atoms with Crippen molar-refractivity contribution < 1.29 is 16.8 Å². The standard InChI is InChI=1S/C11H18N2O4S3/c1-8-11(5-10(6-12)18-8)20(16,17)13(2)9-3-4-19(14,15)7-9/h5,9H,3-4,6-7,12H2,1-2H3. The van der Waals surface area contributed by atoms with Gasteiger partial charge in [0.05, 0.1) is 16.4 Å². The normalized spacial score (nSPS) is 22.5. The van der Waals surface area contributed by atoms with E-state index in [0.29, 0.717) is 17.8 Å². The summed E-state index contributed by atoms with van der Waals surface area (Å²) in [6.45, 7) is 2.03. The molecule has 2 heterocycles. The summed E-state index contributed by atoms with van der Waals surface area (Å²) in [4.78, 5) is 1.71. The van der Waals surface area contributed by atoms with E-state index in [1.807, 2.05) is 0 Å². The summed E-state index contributed by atoms with van der Waals surface area (Å²) in [5.74, 6) is -0.0517. The first-order valence-corrected chi connectivity index (χ1v) is 10.2. The molecule has 1 aromatic heterocycles. The second kappa shape index (κ2) is 5.38. The molecule has 6 nitrogen and oxygen atoms in total. The van der Waals surface area contributed by atoms with Gasteiger partial charge in [0.15, 0.2) is 9.84 Å². The highest BCUT2D eigenvalue weighted by Crippen LogP contribution is 2.30. The molecule has 0 radical (unpaired) electrons. The highest BCUT2D eigenvalue weighted by molar-refractivity contribution is 7.92. The molecule has 2 N–H and O–H groups in total. The Morgan fingerprint density at radius 1 is 1.50 bits per heavy atom. The van der Waals surface area contributed by atoms with Crippen LogP contribution in [0.1, 0.15) is 16.2 Å². The number of nitrogens with zero attached hydrogens (tertiary/aromatic N) is 1. The summed E-state index contributed by atoms with van der Waals surface area (Å²) in [7, 11) is -5.34. The Balaban J connectivity index is 2.32. The van der Waals surface area contributed by atoms with Crippen LogP contribution in [0.5, 0.6) is 0 Å². The summed E-state index contributed by atoms with van der Waals surface area (Å²) in [5.41, 5.74) is 5.53. The van der Waals surface area contributed by atoms with E-state index in [0.717, 1.165) is 4.88 Å². The number of hydrogen-bond acceptors (Lipinski definition) is 6. The Morgan fingerprint density at radius 2 is 2.15 bits per heavy atom. The number of aryl methyl sites for hydroxylation is 1. The van der Waals surface area contributed by atoms with Gasteiger partial charge in [-0.15, -0.1) is 11.3 Å². The van der Waals surface area contributed by atoms with Crippen molar-refractivity contribution in [3.63, 3.8) is 0 Å². The van der Waals surface area contributed by atoms with E-state index in [9.17, 15) is 16.8 Å². The van der Waals surface area contributed by atoms with E-state index in [2.05, 4.69) is 0 Å². The average molecular weight is 338 g/mol. The second-order valence-electron chi connectivity index (χ2n) is 4.92. The van der Waals surface area contributed by atoms with E-state index in [-0.39, 0.29) is 16.4 Å². The lowest BCUT2D eigenvalue weighted by Gasteiger charge is -2.22. The zero-order chi connectivity index (χ0) is 15.1. The SMILES string of the molecule is Cc1sc(CN)cc1S(=O)(=O)N(C)C1CCS(=O)(=O)C1. The molecule has 1 aliphatic heterocycles. The Morgan fingerprint density at radius 3 is 2.60 bits per heavy atom. The maximum Gasteiger partial charge on any atom is 0.244 e. The summed E-state index contributed by atoms with van der Waals surface area (Å²) in [5, 5.41) is 0. The zero-order valence-electron chi connectivity index (χ0n) is 11.4. The molecule has 1 unspecified atom stereocenters. The molecule has 2 rings (SSSR count). The van der Waals surface area contributed by atoms with Crippen LogP contribution in [-0.2, 0) is 26.4 Å². The van der Waals surface area contributed by atoms with Gasteiger partial charge in [0.2, 0.25) is 10.0 Å². The lowest BCUT2D eigenvalue weighted by Crippen LogP contribution is -2.37. The van der Waals surface area contributed by atoms with Crippen molar-refractivity contribution in [2.45, 2.75) is 30.8 Å². The number of thiophene rings is 1. The third-order valence-corrected chi connectivity index (χ3v) is 8.49. The van der Waals surface area contributed by atoms with Crippen molar-refractivity contribution in [2.24, 2.45) is 5.73 Å². The van der Waals surface area contributed by atoms with Crippen molar-refractivity contribution in [3.05, 3.63) is 15.8 Å². The number of sulfone groups is 1. The summed E-state index contributed by atoms with van der Waals surface area (Å²) >= 11 is 1.35. The Kier molecular flexibility index (Phi) is 4.27. The van der Waals surface area contributed by atoms with Gasteiger partial charge in [0.1, 0.15) is 0 Å². The smallest absolute Gasteiger partial charge is 0.244 e. The number of rotatable bonds is 4. The number of nitrogens with two attached hydrogens (primary N) is 1. The van der Waals surface area contributed by atoms with Crippen LogP contribution in [0, 0.1) is 6.92 Å². The molecule has 0 aliphatic carbocycles. The fourth-order valence-electron chi connectivity index (χ4n) is 2.29. The van der Waals surface area contributed by atoms with Gasteiger partial charge in [-0.3, -0.25) is 0 Å². The average Bonchev–Trinajstić information content (AvgIpc) is 2.91. The molecular weight excluding hydrogens is 320 g/mol. The first-order chi connectivity index (χ1) is 9.17. The zero-order valence-corrected chi connectivity index (χ0v) is 13.8. The van der Waals surface area contributed by atoms with Gasteiger partial charge in [-0.2, -0.15) is 4.31 Å². The van der Waals surface area contributed by atoms with Crippen LogP contribution in [0.3, 0.4) is 0 Å². The minimum atomic E-state index is -3.67. The third kappa shape index (κ3) is 2.91. The monoisotopic (exact) mass is 338 g/mol. The molecular formula is C11H18N2O4S3. The van der Waals surface area contributed by atoms with E-state index < -0.39 is 25.9 Å². The molecule has 0 saturated carbocycles. The first-order valence-electron chi connectivity index (χ1n) is 6.15. The highest BCUT2D eigenvalue weighted by Gasteiger charge is 2.37. The van der Waals surface area contributed by atoms with Gasteiger partial charge in [-0.25, -0.2) is 16.8 Å². The van der Waals surface area contributed by atoms with Crippen molar-refractivity contribution in [2.75, 3.05) is 18.6 Å². The lowest BCUT2D eigenvalue weighted by atomic mass is 10.3. The second-order valence-corrected chi connectivity index (χ2v) is 10.5. The molecule has 0 amide bonds. The largest absolute Gasteiger partial charge is 0.326 e. The molecule has 20 heavy (non-hydrogen) atoms. The summed E-state index contributed by atoms with van der Waals surface area (Å²) in [6, 6.07) is 1.10. The van der Waals surface area contributed by atoms with Gasteiger partial charge in [-0.05, 0) is 19.4 Å². The minimum Gasteiger partial charge on any atom is -0.326 e. The van der Waals surface area contributed by atoms with Gasteiger partial charge >= 0.3 is 0 Å². The quantitative estimate of drug-likeness (QED) is 0.853. The molecule has 9 heteroatoms. The third-order valence-electron chi connectivity index (χ3n) is 3.50. The molecule has 1 saturated heterocycles. The predicted molar refractivity (Wildman–Crippen MR) is 79.0 cm³/mol. The van der Waals surface area contributed by atoms with Crippen molar-refractivity contribution >= 4 is 31.2 Å². The van der Waals surface area contributed by atoms with E-state index in [1.165, 1.54) is 22.7 Å². The molecule has 1 aromatic rings. The van der Waals surface area contributed by atoms with Gasteiger partial charge in [0.25, 0.3) is 0 Å². The molecule has 0 aromatic carbocycles. The topological polar surface area (TPSA) is 97.5 Å². The lowest BCUT2D eigenvalue weighted by molar-refractivity contribution is 0.394. The van der Waals surface area contributed by atoms with Crippen LogP contribution in [0.15, 0.2) is 11.0 Å². The Hall–Kier alpha value is -0.480. The van der Waals surface area contributed by atoms with Crippen LogP contribution in [-0.4, -0.2) is 45.7 Å². The summed E-state index contributed by atoms with van der Waals surface area (Å²) < 4.78 is 49.3. The predicted octanol–water partition coefficient (Wildman–Crippen LogP) is 0.323. The van der Waals surface area contributed by atoms with Gasteiger partial charge < -0.3 is 5.73 Å². The van der Waals surface area contributed by atoms with Crippen LogP contribution < -0.4 is 5.73 Å². The van der Waals surface area contributed by atoms with Crippen molar-refractivity contribution in [3.8, 4) is 0 Å². The Labute approximate surface area is 123 Å². The first kappa shape index (κ1) is 15.9. The van der Waals surface area contributed by atoms with Crippen LogP contribution in [0.4, 0.5) is 0 Å². The van der Waals surface area contributed by atoms with E-state index >= 15 is 0 Å². The fraction of sp³-hybridized carbons (Fsp3) is 0.636. The van der Waals surface area contributed by atoms with E-state index in [1.54, 1.807) is 13.0 Å². The molecule has 1 atom stereocenters. The maximum absolute atomic E-state index is 12.6. The maximum atomic E-state index is 12.6. The minimum absolute atomic E-state index is 0.0498. The van der Waals surface area contributed by atoms with E-state index in [4.69, 9.17) is 5.73 Å². The molecule has 1 fully saturated rings. The fourth-order valence-corrected chi connectivity index (χ4v) is 7.03. The van der Waals surface area contributed by atoms with Crippen LogP contribution >= 0.6 is 11.3 Å². The van der Waals surface area contributed by atoms with Gasteiger partial charge in [0, 0.05) is 29.4 Å². The number of hydrogen-bond donors (Lipinski definition) is 1.